The van der Waals surface area contributed by atoms with Gasteiger partial charge in [0.05, 0.1) is 6.54 Å². The Morgan fingerprint density at radius 1 is 1.18 bits per heavy atom. The van der Waals surface area contributed by atoms with E-state index in [1.807, 2.05) is 44.2 Å². The van der Waals surface area contributed by atoms with Crippen molar-refractivity contribution in [1.29, 1.82) is 5.41 Å². The number of hydrogen-bond acceptors (Lipinski definition) is 3. The second-order valence-corrected chi connectivity index (χ2v) is 3.46. The molecule has 1 aromatic rings. The summed E-state index contributed by atoms with van der Waals surface area (Å²) >= 11 is 0. The Labute approximate surface area is 102 Å². The minimum Gasteiger partial charge on any atom is -0.365 e. The van der Waals surface area contributed by atoms with Crippen LogP contribution in [0.15, 0.2) is 30.3 Å². The second-order valence-electron chi connectivity index (χ2n) is 3.46. The molecule has 0 bridgehead atoms. The fourth-order valence-corrected chi connectivity index (χ4v) is 1.43. The van der Waals surface area contributed by atoms with E-state index in [1.54, 1.807) is 0 Å². The largest absolute Gasteiger partial charge is 0.365 e. The van der Waals surface area contributed by atoms with Crippen LogP contribution in [0.2, 0.25) is 0 Å². The molecule has 0 aliphatic carbocycles. The number of ether oxygens (including phenoxy) is 2. The highest BCUT2D eigenvalue weighted by molar-refractivity contribution is 5.96. The van der Waals surface area contributed by atoms with Crippen LogP contribution in [0, 0.1) is 5.41 Å². The molecule has 0 aliphatic rings. The highest BCUT2D eigenvalue weighted by atomic mass is 16.7. The number of benzene rings is 1. The average molecular weight is 236 g/mol. The predicted octanol–water partition coefficient (Wildman–Crippen LogP) is 2.00. The summed E-state index contributed by atoms with van der Waals surface area (Å²) < 4.78 is 10.8. The Morgan fingerprint density at radius 3 is 2.29 bits per heavy atom. The SMILES string of the molecule is CCOC(CNC(=N)c1ccccc1)OCC. The van der Waals surface area contributed by atoms with E-state index in [4.69, 9.17) is 14.9 Å². The predicted molar refractivity (Wildman–Crippen MR) is 68.3 cm³/mol. The fraction of sp³-hybridized carbons (Fsp3) is 0.462. The zero-order valence-electron chi connectivity index (χ0n) is 10.4. The molecule has 4 nitrogen and oxygen atoms in total. The molecule has 0 heterocycles. The van der Waals surface area contributed by atoms with Crippen molar-refractivity contribution in [2.24, 2.45) is 0 Å². The van der Waals surface area contributed by atoms with Gasteiger partial charge in [-0.15, -0.1) is 0 Å². The first-order chi connectivity index (χ1) is 8.27. The minimum atomic E-state index is -0.297. The molecule has 0 aromatic heterocycles. The van der Waals surface area contributed by atoms with Crippen LogP contribution in [0.4, 0.5) is 0 Å². The lowest BCUT2D eigenvalue weighted by molar-refractivity contribution is -0.131. The van der Waals surface area contributed by atoms with Crippen LogP contribution >= 0.6 is 0 Å². The molecule has 94 valence electrons. The summed E-state index contributed by atoms with van der Waals surface area (Å²) in [7, 11) is 0. The third kappa shape index (κ3) is 4.97. The summed E-state index contributed by atoms with van der Waals surface area (Å²) in [5.41, 5.74) is 0.860. The molecule has 0 radical (unpaired) electrons. The van der Waals surface area contributed by atoms with Crippen molar-refractivity contribution >= 4 is 5.84 Å². The molecule has 1 aromatic carbocycles. The van der Waals surface area contributed by atoms with Crippen LogP contribution in [0.25, 0.3) is 0 Å². The Bertz CT molecular complexity index is 321. The Hall–Kier alpha value is -1.39. The fourth-order valence-electron chi connectivity index (χ4n) is 1.43. The second kappa shape index (κ2) is 7.81. The van der Waals surface area contributed by atoms with E-state index in [0.29, 0.717) is 25.6 Å². The van der Waals surface area contributed by atoms with Gasteiger partial charge in [-0.2, -0.15) is 0 Å². The molecule has 2 N–H and O–H groups in total. The molecule has 17 heavy (non-hydrogen) atoms. The van der Waals surface area contributed by atoms with Crippen molar-refractivity contribution in [2.75, 3.05) is 19.8 Å². The normalized spacial score (nSPS) is 10.5. The number of rotatable bonds is 7. The summed E-state index contributed by atoms with van der Waals surface area (Å²) in [5, 5.41) is 10.9. The number of nitrogens with one attached hydrogen (secondary N) is 2. The topological polar surface area (TPSA) is 54.3 Å². The maximum Gasteiger partial charge on any atom is 0.174 e. The summed E-state index contributed by atoms with van der Waals surface area (Å²) in [5.74, 6) is 0.384. The van der Waals surface area contributed by atoms with Crippen LogP contribution in [-0.2, 0) is 9.47 Å². The van der Waals surface area contributed by atoms with E-state index in [0.717, 1.165) is 5.56 Å². The van der Waals surface area contributed by atoms with Crippen molar-refractivity contribution < 1.29 is 9.47 Å². The molecule has 0 aliphatic heterocycles. The average Bonchev–Trinajstić information content (AvgIpc) is 2.37. The molecular weight excluding hydrogens is 216 g/mol. The van der Waals surface area contributed by atoms with Gasteiger partial charge in [0.1, 0.15) is 5.84 Å². The van der Waals surface area contributed by atoms with Gasteiger partial charge in [-0.1, -0.05) is 30.3 Å². The van der Waals surface area contributed by atoms with Crippen LogP contribution in [-0.4, -0.2) is 31.9 Å². The maximum absolute atomic E-state index is 7.87. The Kier molecular flexibility index (Phi) is 6.29. The summed E-state index contributed by atoms with van der Waals surface area (Å²) in [6, 6.07) is 9.54. The highest BCUT2D eigenvalue weighted by Gasteiger charge is 2.08. The molecule has 0 amide bonds. The first kappa shape index (κ1) is 13.7. The molecule has 0 unspecified atom stereocenters. The Balaban J connectivity index is 2.41. The molecule has 0 atom stereocenters. The lowest BCUT2D eigenvalue weighted by atomic mass is 10.2. The van der Waals surface area contributed by atoms with Gasteiger partial charge >= 0.3 is 0 Å². The molecule has 0 saturated carbocycles. The van der Waals surface area contributed by atoms with Gasteiger partial charge in [-0.05, 0) is 13.8 Å². The van der Waals surface area contributed by atoms with Gasteiger partial charge in [0.25, 0.3) is 0 Å². The van der Waals surface area contributed by atoms with Gasteiger partial charge in [0.15, 0.2) is 6.29 Å². The molecule has 0 fully saturated rings. The third-order valence-corrected chi connectivity index (χ3v) is 2.21. The van der Waals surface area contributed by atoms with Crippen molar-refractivity contribution in [3.63, 3.8) is 0 Å². The summed E-state index contributed by atoms with van der Waals surface area (Å²) in [4.78, 5) is 0. The van der Waals surface area contributed by atoms with E-state index in [1.165, 1.54) is 0 Å². The van der Waals surface area contributed by atoms with E-state index in [2.05, 4.69) is 5.32 Å². The smallest absolute Gasteiger partial charge is 0.174 e. The van der Waals surface area contributed by atoms with Crippen molar-refractivity contribution in [3.8, 4) is 0 Å². The lowest BCUT2D eigenvalue weighted by Gasteiger charge is -2.18. The minimum absolute atomic E-state index is 0.297. The molecule has 1 rings (SSSR count). The first-order valence-electron chi connectivity index (χ1n) is 5.89. The highest BCUT2D eigenvalue weighted by Crippen LogP contribution is 1.99. The van der Waals surface area contributed by atoms with Crippen molar-refractivity contribution in [2.45, 2.75) is 20.1 Å². The van der Waals surface area contributed by atoms with Crippen LogP contribution < -0.4 is 5.32 Å². The van der Waals surface area contributed by atoms with Gasteiger partial charge in [0, 0.05) is 18.8 Å². The third-order valence-electron chi connectivity index (χ3n) is 2.21. The molecule has 0 spiro atoms. The maximum atomic E-state index is 7.87. The first-order valence-corrected chi connectivity index (χ1v) is 5.89. The molecule has 0 saturated heterocycles. The number of hydrogen-bond donors (Lipinski definition) is 2. The van der Waals surface area contributed by atoms with Gasteiger partial charge in [-0.3, -0.25) is 5.41 Å². The van der Waals surface area contributed by atoms with E-state index < -0.39 is 0 Å². The van der Waals surface area contributed by atoms with Gasteiger partial charge in [-0.25, -0.2) is 0 Å². The van der Waals surface area contributed by atoms with E-state index in [-0.39, 0.29) is 6.29 Å². The Morgan fingerprint density at radius 2 is 1.76 bits per heavy atom. The molecule has 4 heteroatoms. The summed E-state index contributed by atoms with van der Waals surface area (Å²) in [6.45, 7) is 5.54. The van der Waals surface area contributed by atoms with Gasteiger partial charge < -0.3 is 14.8 Å². The van der Waals surface area contributed by atoms with Crippen molar-refractivity contribution in [3.05, 3.63) is 35.9 Å². The van der Waals surface area contributed by atoms with E-state index >= 15 is 0 Å². The number of amidine groups is 1. The van der Waals surface area contributed by atoms with E-state index in [9.17, 15) is 0 Å². The summed E-state index contributed by atoms with van der Waals surface area (Å²) in [6.07, 6.45) is -0.297. The zero-order valence-corrected chi connectivity index (χ0v) is 10.4. The molecular formula is C13H20N2O2. The lowest BCUT2D eigenvalue weighted by Crippen LogP contribution is -2.35. The van der Waals surface area contributed by atoms with Gasteiger partial charge in [0.2, 0.25) is 0 Å². The van der Waals surface area contributed by atoms with Crippen molar-refractivity contribution in [1.82, 2.24) is 5.32 Å². The monoisotopic (exact) mass is 236 g/mol. The standard InChI is InChI=1S/C13H20N2O2/c1-3-16-12(17-4-2)10-15-13(14)11-8-6-5-7-9-11/h5-9,12H,3-4,10H2,1-2H3,(H2,14,15). The van der Waals surface area contributed by atoms with Crippen LogP contribution in [0.1, 0.15) is 19.4 Å². The van der Waals surface area contributed by atoms with Crippen LogP contribution in [0.3, 0.4) is 0 Å². The van der Waals surface area contributed by atoms with Crippen LogP contribution in [0.5, 0.6) is 0 Å². The quantitative estimate of drug-likeness (QED) is 0.432. The zero-order chi connectivity index (χ0) is 12.5.